The van der Waals surface area contributed by atoms with Gasteiger partial charge >= 0.3 is 0 Å². The van der Waals surface area contributed by atoms with Gasteiger partial charge in [-0.1, -0.05) is 37.5 Å². The van der Waals surface area contributed by atoms with Crippen LogP contribution in [0.4, 0.5) is 0 Å². The normalized spacial score (nSPS) is 34.8. The van der Waals surface area contributed by atoms with Gasteiger partial charge in [-0.3, -0.25) is 4.99 Å². The van der Waals surface area contributed by atoms with Gasteiger partial charge in [0.25, 0.3) is 0 Å². The summed E-state index contributed by atoms with van der Waals surface area (Å²) >= 11 is 0. The second-order valence-electron chi connectivity index (χ2n) is 4.56. The average Bonchev–Trinajstić information content (AvgIpc) is 2.76. The molecule has 0 aromatic carbocycles. The summed E-state index contributed by atoms with van der Waals surface area (Å²) < 4.78 is 0. The van der Waals surface area contributed by atoms with E-state index in [1.807, 2.05) is 19.2 Å². The zero-order chi connectivity index (χ0) is 12.3. The zero-order valence-electron chi connectivity index (χ0n) is 10.4. The number of hydrogen-bond donors (Lipinski definition) is 1. The van der Waals surface area contributed by atoms with Crippen LogP contribution >= 0.6 is 0 Å². The topological polar surface area (TPSA) is 24.4 Å². The van der Waals surface area contributed by atoms with Crippen LogP contribution in [-0.2, 0) is 0 Å². The maximum absolute atomic E-state index is 4.29. The van der Waals surface area contributed by atoms with Crippen molar-refractivity contribution in [2.45, 2.75) is 25.3 Å². The summed E-state index contributed by atoms with van der Waals surface area (Å²) in [4.78, 5) is 4.29. The van der Waals surface area contributed by atoms with Gasteiger partial charge in [0.15, 0.2) is 0 Å². The molecule has 1 saturated carbocycles. The zero-order valence-corrected chi connectivity index (χ0v) is 10.4. The van der Waals surface area contributed by atoms with Crippen LogP contribution < -0.4 is 5.32 Å². The van der Waals surface area contributed by atoms with Crippen molar-refractivity contribution >= 4 is 5.84 Å². The molecule has 2 atom stereocenters. The fourth-order valence-corrected chi connectivity index (χ4v) is 2.85. The first-order chi connectivity index (χ1) is 8.30. The van der Waals surface area contributed by atoms with Gasteiger partial charge in [0.2, 0.25) is 0 Å². The van der Waals surface area contributed by atoms with Crippen molar-refractivity contribution in [3.63, 3.8) is 0 Å². The largest absolute Gasteiger partial charge is 0.370 e. The number of amidine groups is 1. The number of nitrogens with zero attached hydrogens (tertiary/aromatic N) is 1. The molecule has 2 unspecified atom stereocenters. The highest BCUT2D eigenvalue weighted by Crippen LogP contribution is 2.39. The van der Waals surface area contributed by atoms with Crippen LogP contribution in [-0.4, -0.2) is 18.9 Å². The van der Waals surface area contributed by atoms with Crippen molar-refractivity contribution in [3.8, 4) is 0 Å². The molecule has 1 aliphatic carbocycles. The second-order valence-corrected chi connectivity index (χ2v) is 4.56. The van der Waals surface area contributed by atoms with Crippen LogP contribution in [0.15, 0.2) is 53.6 Å². The second kappa shape index (κ2) is 5.17. The predicted molar refractivity (Wildman–Crippen MR) is 74.2 cm³/mol. The molecule has 0 amide bonds. The van der Waals surface area contributed by atoms with E-state index >= 15 is 0 Å². The SMILES string of the molecule is C=C/C=C1/CCC2NC(=NC)CC2/C1=C/C=C. The Balaban J connectivity index is 2.32. The van der Waals surface area contributed by atoms with E-state index in [0.717, 1.165) is 18.7 Å². The van der Waals surface area contributed by atoms with Gasteiger partial charge in [0.05, 0.1) is 5.84 Å². The van der Waals surface area contributed by atoms with Crippen LogP contribution in [0.25, 0.3) is 0 Å². The molecule has 0 bridgehead atoms. The van der Waals surface area contributed by atoms with Gasteiger partial charge in [-0.2, -0.15) is 0 Å². The van der Waals surface area contributed by atoms with E-state index in [9.17, 15) is 0 Å². The molecule has 1 heterocycles. The molecule has 0 aromatic rings. The molecule has 0 radical (unpaired) electrons. The Kier molecular flexibility index (Phi) is 3.62. The number of hydrogen-bond acceptors (Lipinski definition) is 1. The molecule has 17 heavy (non-hydrogen) atoms. The van der Waals surface area contributed by atoms with E-state index in [2.05, 4.69) is 35.6 Å². The molecule has 2 fully saturated rings. The summed E-state index contributed by atoms with van der Waals surface area (Å²) in [6.45, 7) is 7.62. The van der Waals surface area contributed by atoms with E-state index in [-0.39, 0.29) is 0 Å². The Labute approximate surface area is 104 Å². The van der Waals surface area contributed by atoms with Gasteiger partial charge in [0, 0.05) is 25.4 Å². The fraction of sp³-hybridized carbons (Fsp3) is 0.400. The highest BCUT2D eigenvalue weighted by molar-refractivity contribution is 5.85. The third kappa shape index (κ3) is 2.26. The van der Waals surface area contributed by atoms with Gasteiger partial charge in [-0.05, 0) is 24.0 Å². The first-order valence-corrected chi connectivity index (χ1v) is 6.17. The standard InChI is InChI=1S/C15H20N2/c1-4-6-11-8-9-14-13(12(11)7-5-2)10-15(16-3)17-14/h4-7,13-14H,1-2,8-10H2,3H3,(H,16,17)/b11-6-,12-7+. The predicted octanol–water partition coefficient (Wildman–Crippen LogP) is 3.01. The fourth-order valence-electron chi connectivity index (χ4n) is 2.85. The first-order valence-electron chi connectivity index (χ1n) is 6.17. The van der Waals surface area contributed by atoms with E-state index in [4.69, 9.17) is 0 Å². The minimum absolute atomic E-state index is 0.543. The lowest BCUT2D eigenvalue weighted by molar-refractivity contribution is 0.445. The number of nitrogens with one attached hydrogen (secondary N) is 1. The maximum atomic E-state index is 4.29. The van der Waals surface area contributed by atoms with Crippen LogP contribution in [0.1, 0.15) is 19.3 Å². The Morgan fingerprint density at radius 1 is 1.29 bits per heavy atom. The maximum Gasteiger partial charge on any atom is 0.0968 e. The summed E-state index contributed by atoms with van der Waals surface area (Å²) in [6, 6.07) is 0.543. The summed E-state index contributed by atoms with van der Waals surface area (Å²) in [5.74, 6) is 1.68. The first kappa shape index (κ1) is 11.9. The van der Waals surface area contributed by atoms with E-state index < -0.39 is 0 Å². The quantitative estimate of drug-likeness (QED) is 0.772. The van der Waals surface area contributed by atoms with Crippen LogP contribution in [0.5, 0.6) is 0 Å². The summed E-state index contributed by atoms with van der Waals surface area (Å²) in [5, 5.41) is 3.52. The summed E-state index contributed by atoms with van der Waals surface area (Å²) in [5.41, 5.74) is 2.81. The van der Waals surface area contributed by atoms with Gasteiger partial charge in [-0.25, -0.2) is 0 Å². The third-order valence-corrected chi connectivity index (χ3v) is 3.63. The Morgan fingerprint density at radius 2 is 2.06 bits per heavy atom. The van der Waals surface area contributed by atoms with Crippen LogP contribution in [0, 0.1) is 5.92 Å². The van der Waals surface area contributed by atoms with Gasteiger partial charge < -0.3 is 5.32 Å². The molecular formula is C15H20N2. The number of allylic oxidation sites excluding steroid dienone is 5. The van der Waals surface area contributed by atoms with E-state index in [1.54, 1.807) is 0 Å². The molecule has 1 N–H and O–H groups in total. The highest BCUT2D eigenvalue weighted by Gasteiger charge is 2.37. The molecule has 1 saturated heterocycles. The van der Waals surface area contributed by atoms with Crippen molar-refractivity contribution in [1.82, 2.24) is 5.32 Å². The van der Waals surface area contributed by atoms with Gasteiger partial charge in [0.1, 0.15) is 0 Å². The highest BCUT2D eigenvalue weighted by atomic mass is 15.1. The molecule has 90 valence electrons. The number of fused-ring (bicyclic) bond motifs is 1. The number of aliphatic imine (C=N–C) groups is 1. The minimum atomic E-state index is 0.543. The van der Waals surface area contributed by atoms with Crippen molar-refractivity contribution in [2.24, 2.45) is 10.9 Å². The Hall–Kier alpha value is -1.57. The van der Waals surface area contributed by atoms with Crippen molar-refractivity contribution in [2.75, 3.05) is 7.05 Å². The third-order valence-electron chi connectivity index (χ3n) is 3.63. The molecule has 0 aromatic heterocycles. The monoisotopic (exact) mass is 228 g/mol. The van der Waals surface area contributed by atoms with Crippen LogP contribution in [0.3, 0.4) is 0 Å². The van der Waals surface area contributed by atoms with Crippen molar-refractivity contribution in [3.05, 3.63) is 48.6 Å². The molecule has 2 rings (SSSR count). The van der Waals surface area contributed by atoms with E-state index in [1.165, 1.54) is 17.6 Å². The Bertz CT molecular complexity index is 413. The molecule has 1 aliphatic heterocycles. The van der Waals surface area contributed by atoms with Gasteiger partial charge in [-0.15, -0.1) is 0 Å². The minimum Gasteiger partial charge on any atom is -0.370 e. The lowest BCUT2D eigenvalue weighted by Crippen LogP contribution is -2.33. The van der Waals surface area contributed by atoms with Crippen molar-refractivity contribution in [1.29, 1.82) is 0 Å². The van der Waals surface area contributed by atoms with E-state index in [0.29, 0.717) is 12.0 Å². The lowest BCUT2D eigenvalue weighted by atomic mass is 9.77. The smallest absolute Gasteiger partial charge is 0.0968 e. The average molecular weight is 228 g/mol. The van der Waals surface area contributed by atoms with Crippen LogP contribution in [0.2, 0.25) is 0 Å². The number of rotatable bonds is 2. The molecular weight excluding hydrogens is 208 g/mol. The summed E-state index contributed by atoms with van der Waals surface area (Å²) in [7, 11) is 1.86. The Morgan fingerprint density at radius 3 is 2.71 bits per heavy atom. The molecule has 0 spiro atoms. The molecule has 2 heteroatoms. The summed E-state index contributed by atoms with van der Waals surface area (Å²) in [6.07, 6.45) is 11.3. The molecule has 2 aliphatic rings. The van der Waals surface area contributed by atoms with Crippen molar-refractivity contribution < 1.29 is 0 Å². The molecule has 2 nitrogen and oxygen atoms in total. The lowest BCUT2D eigenvalue weighted by Gasteiger charge is -2.29.